The summed E-state index contributed by atoms with van der Waals surface area (Å²) < 4.78 is 0. The van der Waals surface area contributed by atoms with Crippen LogP contribution in [0.4, 0.5) is 0 Å². The molecule has 1 rings (SSSR count). The van der Waals surface area contributed by atoms with E-state index in [-0.39, 0.29) is 5.92 Å². The molecule has 0 aromatic heterocycles. The lowest BCUT2D eigenvalue weighted by Crippen LogP contribution is -2.10. The molecule has 0 aromatic carbocycles. The Hall–Kier alpha value is -0.920. The van der Waals surface area contributed by atoms with Gasteiger partial charge in [0.25, 0.3) is 0 Å². The zero-order valence-electron chi connectivity index (χ0n) is 11.6. The summed E-state index contributed by atoms with van der Waals surface area (Å²) in [5.41, 5.74) is 0. The van der Waals surface area contributed by atoms with E-state index in [4.69, 9.17) is 0 Å². The zero-order valence-corrected chi connectivity index (χ0v) is 11.6. The van der Waals surface area contributed by atoms with Crippen molar-refractivity contribution in [3.63, 3.8) is 0 Å². The van der Waals surface area contributed by atoms with Crippen LogP contribution in [0.3, 0.4) is 0 Å². The highest BCUT2D eigenvalue weighted by Gasteiger charge is 2.13. The van der Waals surface area contributed by atoms with Gasteiger partial charge in [-0.25, -0.2) is 0 Å². The number of carbonyl (C=O) groups is 2. The second-order valence-electron chi connectivity index (χ2n) is 5.55. The van der Waals surface area contributed by atoms with E-state index < -0.39 is 0 Å². The number of hydrogen-bond acceptors (Lipinski definition) is 2. The fourth-order valence-electron chi connectivity index (χ4n) is 2.46. The van der Waals surface area contributed by atoms with Gasteiger partial charge >= 0.3 is 0 Å². The molecule has 0 unspecified atom stereocenters. The lowest BCUT2D eigenvalue weighted by atomic mass is 9.94. The van der Waals surface area contributed by atoms with Crippen LogP contribution < -0.4 is 0 Å². The summed E-state index contributed by atoms with van der Waals surface area (Å²) in [6.07, 6.45) is 13.3. The van der Waals surface area contributed by atoms with E-state index in [9.17, 15) is 9.59 Å². The first-order chi connectivity index (χ1) is 8.68. The van der Waals surface area contributed by atoms with E-state index in [0.29, 0.717) is 37.2 Å². The summed E-state index contributed by atoms with van der Waals surface area (Å²) in [5.74, 6) is 0.886. The van der Waals surface area contributed by atoms with E-state index in [1.54, 1.807) is 0 Å². The third-order valence-electron chi connectivity index (χ3n) is 3.47. The Bertz CT molecular complexity index is 263. The van der Waals surface area contributed by atoms with Crippen molar-refractivity contribution in [2.45, 2.75) is 71.1 Å². The van der Waals surface area contributed by atoms with E-state index in [1.807, 2.05) is 6.92 Å². The van der Waals surface area contributed by atoms with Crippen molar-refractivity contribution in [3.8, 4) is 0 Å². The average molecular weight is 250 g/mol. The van der Waals surface area contributed by atoms with Crippen molar-refractivity contribution in [1.82, 2.24) is 0 Å². The van der Waals surface area contributed by atoms with Gasteiger partial charge in [-0.2, -0.15) is 0 Å². The number of ketones is 2. The van der Waals surface area contributed by atoms with Crippen molar-refractivity contribution in [3.05, 3.63) is 12.2 Å². The third-order valence-corrected chi connectivity index (χ3v) is 3.47. The monoisotopic (exact) mass is 250 g/mol. The zero-order chi connectivity index (χ0) is 13.2. The first kappa shape index (κ1) is 15.1. The molecule has 0 N–H and O–H groups in total. The number of allylic oxidation sites excluding steroid dienone is 2. The van der Waals surface area contributed by atoms with Gasteiger partial charge in [-0.1, -0.05) is 19.1 Å². The summed E-state index contributed by atoms with van der Waals surface area (Å²) in [6, 6.07) is 0. The highest BCUT2D eigenvalue weighted by Crippen LogP contribution is 2.15. The topological polar surface area (TPSA) is 34.1 Å². The quantitative estimate of drug-likeness (QED) is 0.603. The number of Topliss-reactive ketones (excluding diaryl/α,β-unsaturated/α-hetero) is 2. The maximum absolute atomic E-state index is 11.7. The Labute approximate surface area is 111 Å². The fraction of sp³-hybridized carbons (Fsp3) is 0.750. The van der Waals surface area contributed by atoms with Gasteiger partial charge in [0.1, 0.15) is 11.6 Å². The van der Waals surface area contributed by atoms with Crippen LogP contribution in [0, 0.1) is 5.92 Å². The second-order valence-corrected chi connectivity index (χ2v) is 5.55. The predicted octanol–water partition coefficient (Wildman–Crippen LogP) is 4.23. The maximum atomic E-state index is 11.7. The lowest BCUT2D eigenvalue weighted by Gasteiger charge is -2.09. The standard InChI is InChI=1S/C16H26O2/c1-14-12-15(17)10-8-6-4-2-3-5-7-9-11-16(18)13-14/h2-3,14H,4-13H2,1H3/b3-2+. The van der Waals surface area contributed by atoms with E-state index >= 15 is 0 Å². The molecule has 0 saturated carbocycles. The van der Waals surface area contributed by atoms with Gasteiger partial charge in [0.2, 0.25) is 0 Å². The summed E-state index contributed by atoms with van der Waals surface area (Å²) in [7, 11) is 0. The SMILES string of the molecule is CC1CC(=O)CCCC/C=C/CCCCC(=O)C1. The van der Waals surface area contributed by atoms with Crippen LogP contribution in [0.5, 0.6) is 0 Å². The summed E-state index contributed by atoms with van der Waals surface area (Å²) >= 11 is 0. The molecule has 0 bridgehead atoms. The maximum Gasteiger partial charge on any atom is 0.133 e. The molecule has 2 heteroatoms. The van der Waals surface area contributed by atoms with Crippen LogP contribution in [0.25, 0.3) is 0 Å². The van der Waals surface area contributed by atoms with Crippen molar-refractivity contribution in [2.24, 2.45) is 5.92 Å². The average Bonchev–Trinajstić information content (AvgIpc) is 2.30. The molecule has 0 fully saturated rings. The molecular formula is C16H26O2. The number of hydrogen-bond donors (Lipinski definition) is 0. The largest absolute Gasteiger partial charge is 0.300 e. The Balaban J connectivity index is 2.41. The van der Waals surface area contributed by atoms with Crippen LogP contribution in [0.1, 0.15) is 71.1 Å². The fourth-order valence-corrected chi connectivity index (χ4v) is 2.46. The van der Waals surface area contributed by atoms with E-state index in [2.05, 4.69) is 12.2 Å². The highest BCUT2D eigenvalue weighted by molar-refractivity contribution is 5.81. The minimum atomic E-state index is 0.230. The molecule has 1 aliphatic rings. The molecule has 0 aromatic rings. The predicted molar refractivity (Wildman–Crippen MR) is 74.5 cm³/mol. The molecule has 0 atom stereocenters. The van der Waals surface area contributed by atoms with Gasteiger partial charge < -0.3 is 0 Å². The molecule has 2 nitrogen and oxygen atoms in total. The smallest absolute Gasteiger partial charge is 0.133 e. The van der Waals surface area contributed by atoms with Crippen LogP contribution in [0.15, 0.2) is 12.2 Å². The third kappa shape index (κ3) is 7.41. The van der Waals surface area contributed by atoms with Gasteiger partial charge in [-0.15, -0.1) is 0 Å². The van der Waals surface area contributed by atoms with Crippen molar-refractivity contribution >= 4 is 11.6 Å². The van der Waals surface area contributed by atoms with Crippen molar-refractivity contribution in [2.75, 3.05) is 0 Å². The number of rotatable bonds is 0. The van der Waals surface area contributed by atoms with Crippen LogP contribution in [-0.4, -0.2) is 11.6 Å². The van der Waals surface area contributed by atoms with Gasteiger partial charge in [-0.05, 0) is 44.4 Å². The number of carbonyl (C=O) groups excluding carboxylic acids is 2. The molecule has 0 radical (unpaired) electrons. The first-order valence-corrected chi connectivity index (χ1v) is 7.37. The summed E-state index contributed by atoms with van der Waals surface area (Å²) in [6.45, 7) is 2.02. The van der Waals surface area contributed by atoms with Crippen LogP contribution >= 0.6 is 0 Å². The molecule has 0 aliphatic heterocycles. The Morgan fingerprint density at radius 3 is 1.72 bits per heavy atom. The molecule has 0 spiro atoms. The minimum Gasteiger partial charge on any atom is -0.300 e. The summed E-state index contributed by atoms with van der Waals surface area (Å²) in [5, 5.41) is 0. The van der Waals surface area contributed by atoms with E-state index in [0.717, 1.165) is 38.5 Å². The molecule has 102 valence electrons. The van der Waals surface area contributed by atoms with Crippen molar-refractivity contribution < 1.29 is 9.59 Å². The summed E-state index contributed by atoms with van der Waals surface area (Å²) in [4.78, 5) is 23.4. The Morgan fingerprint density at radius 2 is 1.28 bits per heavy atom. The molecule has 0 saturated heterocycles. The molecular weight excluding hydrogens is 224 g/mol. The Morgan fingerprint density at radius 1 is 0.833 bits per heavy atom. The molecule has 18 heavy (non-hydrogen) atoms. The van der Waals surface area contributed by atoms with Crippen LogP contribution in [0.2, 0.25) is 0 Å². The minimum absolute atomic E-state index is 0.230. The van der Waals surface area contributed by atoms with Gasteiger partial charge in [-0.3, -0.25) is 9.59 Å². The van der Waals surface area contributed by atoms with E-state index in [1.165, 1.54) is 0 Å². The Kier molecular flexibility index (Phi) is 7.63. The van der Waals surface area contributed by atoms with Gasteiger partial charge in [0.15, 0.2) is 0 Å². The normalized spacial score (nSPS) is 24.3. The molecule has 0 amide bonds. The molecule has 0 heterocycles. The van der Waals surface area contributed by atoms with Gasteiger partial charge in [0, 0.05) is 25.7 Å². The highest BCUT2D eigenvalue weighted by atomic mass is 16.1. The van der Waals surface area contributed by atoms with Crippen LogP contribution in [-0.2, 0) is 9.59 Å². The lowest BCUT2D eigenvalue weighted by molar-refractivity contribution is -0.121. The molecule has 1 aliphatic carbocycles. The van der Waals surface area contributed by atoms with Crippen molar-refractivity contribution in [1.29, 1.82) is 0 Å². The van der Waals surface area contributed by atoms with Gasteiger partial charge in [0.05, 0.1) is 0 Å². The first-order valence-electron chi connectivity index (χ1n) is 7.37. The second kappa shape index (κ2) is 9.07.